The molecule has 1 aliphatic rings. The number of hydrogen-bond donors (Lipinski definition) is 1. The molecular formula is C24H41N2O4S+. The molecule has 0 saturated carbocycles. The quantitative estimate of drug-likeness (QED) is 0.461. The molecule has 6 nitrogen and oxygen atoms in total. The van der Waals surface area contributed by atoms with Crippen LogP contribution in [0.3, 0.4) is 0 Å². The van der Waals surface area contributed by atoms with Crippen molar-refractivity contribution in [1.82, 2.24) is 0 Å². The van der Waals surface area contributed by atoms with Crippen LogP contribution in [0.4, 0.5) is 5.00 Å². The molecule has 1 fully saturated rings. The van der Waals surface area contributed by atoms with E-state index < -0.39 is 10.8 Å². The number of hydrogen-bond acceptors (Lipinski definition) is 5. The summed E-state index contributed by atoms with van der Waals surface area (Å²) in [6.45, 7) is 15.7. The molecule has 0 bridgehead atoms. The second kappa shape index (κ2) is 9.99. The van der Waals surface area contributed by atoms with Crippen LogP contribution in [0.25, 0.3) is 0 Å². The lowest BCUT2D eigenvalue weighted by Crippen LogP contribution is -2.40. The Morgan fingerprint density at radius 3 is 2.35 bits per heavy atom. The summed E-state index contributed by atoms with van der Waals surface area (Å²) in [5.41, 5.74) is -0.302. The number of nitrogens with zero attached hydrogens (tertiary/aromatic N) is 1. The predicted octanol–water partition coefficient (Wildman–Crippen LogP) is 4.61. The number of amides is 1. The van der Waals surface area contributed by atoms with E-state index in [4.69, 9.17) is 9.47 Å². The predicted molar refractivity (Wildman–Crippen MR) is 124 cm³/mol. The summed E-state index contributed by atoms with van der Waals surface area (Å²) in [5.74, 6) is 0.492. The van der Waals surface area contributed by atoms with Crippen molar-refractivity contribution < 1.29 is 23.0 Å². The highest BCUT2D eigenvalue weighted by Gasteiger charge is 2.36. The molecule has 1 amide bonds. The normalized spacial score (nSPS) is 16.3. The number of carbonyl (C=O) groups is 2. The fourth-order valence-corrected chi connectivity index (χ4v) is 4.65. The Bertz CT molecular complexity index is 771. The molecule has 1 aromatic rings. The van der Waals surface area contributed by atoms with Crippen molar-refractivity contribution in [3.8, 4) is 0 Å². The smallest absolute Gasteiger partial charge is 0.311 e. The minimum atomic E-state index is -0.526. The van der Waals surface area contributed by atoms with Gasteiger partial charge in [0.15, 0.2) is 23.6 Å². The fourth-order valence-electron chi connectivity index (χ4n) is 3.65. The molecule has 0 aliphatic carbocycles. The average Bonchev–Trinajstić information content (AvgIpc) is 3.05. The number of rotatable bonds is 8. The second-order valence-electron chi connectivity index (χ2n) is 11.1. The lowest BCUT2D eigenvalue weighted by Gasteiger charge is -2.27. The highest BCUT2D eigenvalue weighted by Crippen LogP contribution is 2.32. The van der Waals surface area contributed by atoms with Gasteiger partial charge in [0.05, 0.1) is 10.8 Å². The van der Waals surface area contributed by atoms with Gasteiger partial charge in [-0.25, -0.2) is 0 Å². The lowest BCUT2D eigenvalue weighted by molar-refractivity contribution is -0.613. The summed E-state index contributed by atoms with van der Waals surface area (Å²) in [7, 11) is 1.97. The van der Waals surface area contributed by atoms with E-state index in [2.05, 4.69) is 19.2 Å². The molecule has 31 heavy (non-hydrogen) atoms. The summed E-state index contributed by atoms with van der Waals surface area (Å²) in [4.78, 5) is 25.2. The highest BCUT2D eigenvalue weighted by atomic mass is 32.1. The number of ether oxygens (including phenoxy) is 2. The molecule has 0 atom stereocenters. The first-order valence-corrected chi connectivity index (χ1v) is 12.1. The standard InChI is InChI=1S/C24H40N2O4S/c1-22(2,3)21(28)30-16-24(6,7)18-15-19(31-26(18)8)25-20(27)23(4,5)12-9-17-10-13-29-14-11-17/h15,17H,9-14,16H2,1-8H3/p+1. The average molecular weight is 454 g/mol. The van der Waals surface area contributed by atoms with Crippen LogP contribution < -0.4 is 9.27 Å². The topological polar surface area (TPSA) is 68.5 Å². The molecule has 176 valence electrons. The molecule has 0 spiro atoms. The third-order valence-corrected chi connectivity index (χ3v) is 6.97. The van der Waals surface area contributed by atoms with Gasteiger partial charge in [0.25, 0.3) is 0 Å². The lowest BCUT2D eigenvalue weighted by atomic mass is 9.82. The van der Waals surface area contributed by atoms with Crippen molar-refractivity contribution >= 4 is 28.4 Å². The van der Waals surface area contributed by atoms with Gasteiger partial charge < -0.3 is 14.8 Å². The van der Waals surface area contributed by atoms with Crippen molar-refractivity contribution in [2.24, 2.45) is 23.8 Å². The molecule has 0 radical (unpaired) electrons. The number of aromatic nitrogens is 1. The van der Waals surface area contributed by atoms with E-state index in [0.717, 1.165) is 49.6 Å². The van der Waals surface area contributed by atoms with Gasteiger partial charge in [-0.15, -0.1) is 3.96 Å². The van der Waals surface area contributed by atoms with Crippen molar-refractivity contribution in [2.45, 2.75) is 79.6 Å². The Kier molecular flexibility index (Phi) is 8.31. The van der Waals surface area contributed by atoms with Crippen LogP contribution in [0.1, 0.15) is 79.8 Å². The van der Waals surface area contributed by atoms with Crippen molar-refractivity contribution in [3.63, 3.8) is 0 Å². The molecule has 0 aromatic carbocycles. The van der Waals surface area contributed by atoms with Crippen LogP contribution in [0.5, 0.6) is 0 Å². The maximum Gasteiger partial charge on any atom is 0.311 e. The molecule has 1 aliphatic heterocycles. The number of carbonyl (C=O) groups excluding carboxylic acids is 2. The zero-order chi connectivity index (χ0) is 23.4. The molecule has 1 saturated heterocycles. The summed E-state index contributed by atoms with van der Waals surface area (Å²) in [5, 5.41) is 3.94. The summed E-state index contributed by atoms with van der Waals surface area (Å²) in [6, 6.07) is 2.00. The number of esters is 1. The number of nitrogens with one attached hydrogen (secondary N) is 1. The molecule has 1 aromatic heterocycles. The monoisotopic (exact) mass is 453 g/mol. The van der Waals surface area contributed by atoms with E-state index in [0.29, 0.717) is 5.92 Å². The Morgan fingerprint density at radius 2 is 1.77 bits per heavy atom. The maximum absolute atomic E-state index is 13.0. The van der Waals surface area contributed by atoms with Crippen LogP contribution in [0.15, 0.2) is 6.07 Å². The molecule has 1 N–H and O–H groups in total. The van der Waals surface area contributed by atoms with E-state index in [1.54, 1.807) is 0 Å². The van der Waals surface area contributed by atoms with E-state index in [1.807, 2.05) is 51.7 Å². The van der Waals surface area contributed by atoms with Crippen molar-refractivity contribution in [1.29, 1.82) is 0 Å². The van der Waals surface area contributed by atoms with Gasteiger partial charge in [0.2, 0.25) is 11.6 Å². The third-order valence-electron chi connectivity index (χ3n) is 6.08. The zero-order valence-corrected chi connectivity index (χ0v) is 21.4. The van der Waals surface area contributed by atoms with Gasteiger partial charge >= 0.3 is 5.97 Å². The van der Waals surface area contributed by atoms with Crippen LogP contribution >= 0.6 is 11.5 Å². The Balaban J connectivity index is 1.98. The van der Waals surface area contributed by atoms with Crippen LogP contribution in [0.2, 0.25) is 0 Å². The minimum absolute atomic E-state index is 0.0462. The Labute approximate surface area is 191 Å². The molecular weight excluding hydrogens is 412 g/mol. The Morgan fingerprint density at radius 1 is 1.16 bits per heavy atom. The Hall–Kier alpha value is -1.47. The van der Waals surface area contributed by atoms with E-state index >= 15 is 0 Å². The molecule has 0 unspecified atom stereocenters. The van der Waals surface area contributed by atoms with E-state index in [9.17, 15) is 9.59 Å². The first-order chi connectivity index (χ1) is 14.2. The van der Waals surface area contributed by atoms with Gasteiger partial charge in [0.1, 0.15) is 6.61 Å². The minimum Gasteiger partial charge on any atom is -0.464 e. The summed E-state index contributed by atoms with van der Waals surface area (Å²) < 4.78 is 13.0. The SMILES string of the molecule is C[n+]1sc(NC(=O)C(C)(C)CCC2CCOCC2)cc1C(C)(C)COC(=O)C(C)(C)C. The molecule has 2 heterocycles. The van der Waals surface area contributed by atoms with E-state index in [1.165, 1.54) is 11.5 Å². The fraction of sp³-hybridized carbons (Fsp3) is 0.792. The van der Waals surface area contributed by atoms with Crippen LogP contribution in [-0.4, -0.2) is 31.7 Å². The third kappa shape index (κ3) is 7.28. The van der Waals surface area contributed by atoms with Gasteiger partial charge in [0, 0.05) is 24.7 Å². The van der Waals surface area contributed by atoms with Crippen molar-refractivity contribution in [2.75, 3.05) is 25.1 Å². The van der Waals surface area contributed by atoms with Crippen LogP contribution in [0, 0.1) is 16.7 Å². The number of anilines is 1. The highest BCUT2D eigenvalue weighted by molar-refractivity contribution is 7.06. The number of aryl methyl sites for hydroxylation is 1. The van der Waals surface area contributed by atoms with Gasteiger partial charge in [-0.2, -0.15) is 0 Å². The van der Waals surface area contributed by atoms with Gasteiger partial charge in [-0.05, 0) is 66.2 Å². The summed E-state index contributed by atoms with van der Waals surface area (Å²) >= 11 is 1.50. The first-order valence-electron chi connectivity index (χ1n) is 11.3. The molecule has 7 heteroatoms. The van der Waals surface area contributed by atoms with Gasteiger partial charge in [-0.3, -0.25) is 9.59 Å². The largest absolute Gasteiger partial charge is 0.464 e. The second-order valence-corrected chi connectivity index (χ2v) is 12.3. The zero-order valence-electron chi connectivity index (χ0n) is 20.6. The van der Waals surface area contributed by atoms with E-state index in [-0.39, 0.29) is 23.9 Å². The maximum atomic E-state index is 13.0. The van der Waals surface area contributed by atoms with Crippen molar-refractivity contribution in [3.05, 3.63) is 11.8 Å². The summed E-state index contributed by atoms with van der Waals surface area (Å²) in [6.07, 6.45) is 4.11. The molecule has 2 rings (SSSR count). The van der Waals surface area contributed by atoms with Gasteiger partial charge in [-0.1, -0.05) is 13.8 Å². The first kappa shape index (κ1) is 25.8. The van der Waals surface area contributed by atoms with Crippen LogP contribution in [-0.2, 0) is 31.5 Å².